The van der Waals surface area contributed by atoms with Crippen molar-refractivity contribution in [3.63, 3.8) is 0 Å². The summed E-state index contributed by atoms with van der Waals surface area (Å²) in [5.74, 6) is 0.0655. The van der Waals surface area contributed by atoms with Crippen LogP contribution in [0.3, 0.4) is 0 Å². The van der Waals surface area contributed by atoms with Gasteiger partial charge in [-0.25, -0.2) is 0 Å². The van der Waals surface area contributed by atoms with Crippen molar-refractivity contribution in [3.8, 4) is 6.07 Å². The summed E-state index contributed by atoms with van der Waals surface area (Å²) in [5.41, 5.74) is 1.23. The lowest BCUT2D eigenvalue weighted by molar-refractivity contribution is -0.126. The highest BCUT2D eigenvalue weighted by atomic mass is 32.2. The van der Waals surface area contributed by atoms with Gasteiger partial charge in [-0.2, -0.15) is 5.26 Å². The molecule has 6 heteroatoms. The Morgan fingerprint density at radius 3 is 2.45 bits per heavy atom. The Labute approximate surface area is 176 Å². The standard InChI is InChI=1S/C23H25N3O2S/c1-2-13-25-22(27)17-11-14-26(15-12-17)23(28)19-8-4-6-10-21(19)29-20-9-5-3-7-18(20)16-24/h3-10,17H,2,11-15H2,1H3,(H,25,27). The predicted molar refractivity (Wildman–Crippen MR) is 114 cm³/mol. The van der Waals surface area contributed by atoms with Crippen LogP contribution in [0.1, 0.15) is 42.1 Å². The van der Waals surface area contributed by atoms with Gasteiger partial charge in [-0.15, -0.1) is 0 Å². The van der Waals surface area contributed by atoms with Gasteiger partial charge in [0.1, 0.15) is 6.07 Å². The van der Waals surface area contributed by atoms with E-state index in [1.807, 2.05) is 54.3 Å². The highest BCUT2D eigenvalue weighted by Crippen LogP contribution is 2.33. The lowest BCUT2D eigenvalue weighted by Crippen LogP contribution is -2.43. The zero-order valence-corrected chi connectivity index (χ0v) is 17.4. The quantitative estimate of drug-likeness (QED) is 0.783. The Kier molecular flexibility index (Phi) is 7.31. The van der Waals surface area contributed by atoms with Crippen LogP contribution in [-0.2, 0) is 4.79 Å². The van der Waals surface area contributed by atoms with Crippen LogP contribution in [0, 0.1) is 17.2 Å². The van der Waals surface area contributed by atoms with Gasteiger partial charge in [-0.1, -0.05) is 43.0 Å². The van der Waals surface area contributed by atoms with E-state index in [0.29, 0.717) is 43.6 Å². The van der Waals surface area contributed by atoms with Crippen LogP contribution >= 0.6 is 11.8 Å². The number of hydrogen-bond donors (Lipinski definition) is 1. The molecule has 0 radical (unpaired) electrons. The SMILES string of the molecule is CCCNC(=O)C1CCN(C(=O)c2ccccc2Sc2ccccc2C#N)CC1. The molecule has 1 aliphatic rings. The summed E-state index contributed by atoms with van der Waals surface area (Å²) in [7, 11) is 0. The molecule has 2 aromatic carbocycles. The maximum atomic E-state index is 13.2. The largest absolute Gasteiger partial charge is 0.356 e. The minimum atomic E-state index is -0.0186. The maximum Gasteiger partial charge on any atom is 0.255 e. The number of rotatable bonds is 6. The third-order valence-electron chi connectivity index (χ3n) is 5.05. The molecule has 150 valence electrons. The van der Waals surface area contributed by atoms with Crippen molar-refractivity contribution in [1.82, 2.24) is 10.2 Å². The van der Waals surface area contributed by atoms with Gasteiger partial charge in [0, 0.05) is 35.3 Å². The molecule has 1 fully saturated rings. The number of carbonyl (C=O) groups excluding carboxylic acids is 2. The van der Waals surface area contributed by atoms with Gasteiger partial charge in [-0.05, 0) is 43.5 Å². The van der Waals surface area contributed by atoms with Gasteiger partial charge < -0.3 is 10.2 Å². The van der Waals surface area contributed by atoms with E-state index in [4.69, 9.17) is 0 Å². The second-order valence-electron chi connectivity index (χ2n) is 7.06. The lowest BCUT2D eigenvalue weighted by atomic mass is 9.95. The van der Waals surface area contributed by atoms with Crippen molar-refractivity contribution in [2.45, 2.75) is 36.0 Å². The van der Waals surface area contributed by atoms with Crippen LogP contribution in [0.2, 0.25) is 0 Å². The molecule has 1 saturated heterocycles. The summed E-state index contributed by atoms with van der Waals surface area (Å²) in [6.45, 7) is 3.90. The first-order valence-electron chi connectivity index (χ1n) is 9.97. The van der Waals surface area contributed by atoms with Crippen LogP contribution in [0.25, 0.3) is 0 Å². The molecule has 29 heavy (non-hydrogen) atoms. The first-order valence-corrected chi connectivity index (χ1v) is 10.8. The fraction of sp³-hybridized carbons (Fsp3) is 0.348. The van der Waals surface area contributed by atoms with Crippen LogP contribution in [0.4, 0.5) is 0 Å². The van der Waals surface area contributed by atoms with Crippen molar-refractivity contribution in [2.24, 2.45) is 5.92 Å². The van der Waals surface area contributed by atoms with Crippen LogP contribution < -0.4 is 5.32 Å². The molecular formula is C23H25N3O2S. The molecule has 1 heterocycles. The molecule has 0 bridgehead atoms. The molecular weight excluding hydrogens is 382 g/mol. The molecule has 0 saturated carbocycles. The highest BCUT2D eigenvalue weighted by molar-refractivity contribution is 7.99. The number of carbonyl (C=O) groups is 2. The van der Waals surface area contributed by atoms with E-state index in [1.54, 1.807) is 6.07 Å². The van der Waals surface area contributed by atoms with Crippen molar-refractivity contribution in [2.75, 3.05) is 19.6 Å². The third kappa shape index (κ3) is 5.18. The molecule has 0 aromatic heterocycles. The fourth-order valence-corrected chi connectivity index (χ4v) is 4.43. The van der Waals surface area contributed by atoms with Crippen molar-refractivity contribution in [1.29, 1.82) is 5.26 Å². The molecule has 5 nitrogen and oxygen atoms in total. The average molecular weight is 408 g/mol. The third-order valence-corrected chi connectivity index (χ3v) is 6.20. The van der Waals surface area contributed by atoms with E-state index in [-0.39, 0.29) is 17.7 Å². The fourth-order valence-electron chi connectivity index (χ4n) is 3.41. The molecule has 0 aliphatic carbocycles. The summed E-state index contributed by atoms with van der Waals surface area (Å²) >= 11 is 1.44. The van der Waals surface area contributed by atoms with Gasteiger partial charge in [0.15, 0.2) is 0 Å². The highest BCUT2D eigenvalue weighted by Gasteiger charge is 2.28. The molecule has 3 rings (SSSR count). The number of hydrogen-bond acceptors (Lipinski definition) is 4. The molecule has 0 unspecified atom stereocenters. The summed E-state index contributed by atoms with van der Waals surface area (Å²) in [5, 5.41) is 12.3. The van der Waals surface area contributed by atoms with Crippen LogP contribution in [0.15, 0.2) is 58.3 Å². The second kappa shape index (κ2) is 10.1. The van der Waals surface area contributed by atoms with Crippen LogP contribution in [-0.4, -0.2) is 36.3 Å². The Bertz CT molecular complexity index is 914. The summed E-state index contributed by atoms with van der Waals surface area (Å²) in [6, 6.07) is 17.1. The first kappa shape index (κ1) is 20.9. The van der Waals surface area contributed by atoms with E-state index in [1.165, 1.54) is 11.8 Å². The normalized spacial score (nSPS) is 14.3. The number of nitrogens with one attached hydrogen (secondary N) is 1. The summed E-state index contributed by atoms with van der Waals surface area (Å²) in [4.78, 5) is 28.8. The van der Waals surface area contributed by atoms with Crippen molar-refractivity contribution in [3.05, 3.63) is 59.7 Å². The van der Waals surface area contributed by atoms with E-state index in [0.717, 1.165) is 16.2 Å². The summed E-state index contributed by atoms with van der Waals surface area (Å²) in [6.07, 6.45) is 2.30. The average Bonchev–Trinajstić information content (AvgIpc) is 2.78. The zero-order chi connectivity index (χ0) is 20.6. The van der Waals surface area contributed by atoms with Gasteiger partial charge in [0.25, 0.3) is 5.91 Å². The van der Waals surface area contributed by atoms with E-state index in [2.05, 4.69) is 11.4 Å². The Balaban J connectivity index is 1.70. The number of amides is 2. The molecule has 0 atom stereocenters. The van der Waals surface area contributed by atoms with Gasteiger partial charge in [-0.3, -0.25) is 9.59 Å². The minimum absolute atomic E-state index is 0.0160. The second-order valence-corrected chi connectivity index (χ2v) is 8.15. The Hall–Kier alpha value is -2.78. The molecule has 1 N–H and O–H groups in total. The molecule has 0 spiro atoms. The lowest BCUT2D eigenvalue weighted by Gasteiger charge is -2.31. The summed E-state index contributed by atoms with van der Waals surface area (Å²) < 4.78 is 0. The number of nitriles is 1. The molecule has 1 aliphatic heterocycles. The number of piperidine rings is 1. The Morgan fingerprint density at radius 2 is 1.76 bits per heavy atom. The van der Waals surface area contributed by atoms with Gasteiger partial charge in [0.05, 0.1) is 11.1 Å². The van der Waals surface area contributed by atoms with E-state index < -0.39 is 0 Å². The number of nitrogens with zero attached hydrogens (tertiary/aromatic N) is 2. The monoisotopic (exact) mass is 407 g/mol. The molecule has 2 aromatic rings. The number of likely N-dealkylation sites (tertiary alicyclic amines) is 1. The minimum Gasteiger partial charge on any atom is -0.356 e. The number of benzene rings is 2. The van der Waals surface area contributed by atoms with Crippen LogP contribution in [0.5, 0.6) is 0 Å². The smallest absolute Gasteiger partial charge is 0.255 e. The van der Waals surface area contributed by atoms with Crippen molar-refractivity contribution < 1.29 is 9.59 Å². The van der Waals surface area contributed by atoms with E-state index in [9.17, 15) is 14.9 Å². The molecule has 2 amide bonds. The van der Waals surface area contributed by atoms with Crippen molar-refractivity contribution >= 4 is 23.6 Å². The topological polar surface area (TPSA) is 73.2 Å². The van der Waals surface area contributed by atoms with E-state index >= 15 is 0 Å². The van der Waals surface area contributed by atoms with Gasteiger partial charge >= 0.3 is 0 Å². The predicted octanol–water partition coefficient (Wildman–Crippen LogP) is 4.09. The first-order chi connectivity index (χ1) is 14.1. The van der Waals surface area contributed by atoms with Gasteiger partial charge in [0.2, 0.25) is 5.91 Å². The maximum absolute atomic E-state index is 13.2. The zero-order valence-electron chi connectivity index (χ0n) is 16.6. The Morgan fingerprint density at radius 1 is 1.10 bits per heavy atom.